The number of hydrogen-bond acceptors (Lipinski definition) is 6. The number of rotatable bonds is 6. The number of ether oxygens (including phenoxy) is 5. The van der Waals surface area contributed by atoms with Gasteiger partial charge in [0.15, 0.2) is 0 Å². The van der Waals surface area contributed by atoms with Gasteiger partial charge in [-0.2, -0.15) is 105 Å². The van der Waals surface area contributed by atoms with Gasteiger partial charge in [-0.3, -0.25) is 0 Å². The number of aliphatic hydroxyl groups is 1. The summed E-state index contributed by atoms with van der Waals surface area (Å²) in [5.41, 5.74) is -24.9. The molecule has 0 aromatic rings. The van der Waals surface area contributed by atoms with Crippen molar-refractivity contribution in [3.8, 4) is 0 Å². The Balaban J connectivity index is 2.50. The first kappa shape index (κ1) is 56.0. The van der Waals surface area contributed by atoms with Crippen LogP contribution in [0.2, 0.25) is 0 Å². The summed E-state index contributed by atoms with van der Waals surface area (Å²) >= 11 is 0. The largest absolute Gasteiger partial charge is 0.449 e. The molecule has 3 heterocycles. The lowest BCUT2D eigenvalue weighted by Gasteiger charge is -2.61. The van der Waals surface area contributed by atoms with E-state index in [1.807, 2.05) is 0 Å². The molecule has 380 valence electrons. The van der Waals surface area contributed by atoms with Crippen LogP contribution in [0.3, 0.4) is 0 Å². The van der Waals surface area contributed by atoms with E-state index < -0.39 is 172 Å². The molecule has 8 unspecified atom stereocenters. The van der Waals surface area contributed by atoms with Gasteiger partial charge in [-0.15, -0.1) is 0 Å². The molecule has 8 atom stereocenters. The highest BCUT2D eigenvalue weighted by Gasteiger charge is 2.96. The van der Waals surface area contributed by atoms with Gasteiger partial charge in [0.2, 0.25) is 17.3 Å². The lowest BCUT2D eigenvalue weighted by molar-refractivity contribution is -0.571. The van der Waals surface area contributed by atoms with Gasteiger partial charge in [-0.25, -0.2) is 26.3 Å². The highest BCUT2D eigenvalue weighted by atomic mass is 19.4. The maximum Gasteiger partial charge on any atom is 0.449 e. The fourth-order valence-corrected chi connectivity index (χ4v) is 6.73. The molecule has 3 fully saturated rings. The lowest BCUT2D eigenvalue weighted by Crippen LogP contribution is -2.85. The van der Waals surface area contributed by atoms with Gasteiger partial charge in [0, 0.05) is 0 Å². The minimum Gasteiger partial charge on any atom is -0.354 e. The van der Waals surface area contributed by atoms with Gasteiger partial charge >= 0.3 is 72.2 Å². The van der Waals surface area contributed by atoms with Crippen molar-refractivity contribution in [1.29, 1.82) is 0 Å². The maximum atomic E-state index is 16.3. The highest BCUT2D eigenvalue weighted by molar-refractivity contribution is 5.22. The van der Waals surface area contributed by atoms with E-state index in [1.165, 1.54) is 0 Å². The van der Waals surface area contributed by atoms with E-state index in [0.29, 0.717) is 0 Å². The third-order valence-corrected chi connectivity index (χ3v) is 11.2. The molecule has 3 saturated heterocycles. The van der Waals surface area contributed by atoms with Crippen LogP contribution in [0.1, 0.15) is 34.6 Å². The SMILES string of the molecule is CC1(C)C(F)(F)C(C(F)(F)F)OC(OCC2C(F)(F)C(C)(C(F)(F)F)OC(OCC3(C)C(F)(F)C(C)(C(F)(F)F)OC(O)(C(F)(F)F)C3(F)F)(C(F)(F)F)C2(F)F)(C(F)(F)F)C1(F)F. The Kier molecular flexibility index (Phi) is 12.2. The van der Waals surface area contributed by atoms with Crippen molar-refractivity contribution < 1.29 is 161 Å². The van der Waals surface area contributed by atoms with Crippen LogP contribution in [0.15, 0.2) is 0 Å². The molecule has 3 aliphatic heterocycles. The highest BCUT2D eigenvalue weighted by Crippen LogP contribution is 2.72. The Morgan fingerprint density at radius 2 is 0.859 bits per heavy atom. The summed E-state index contributed by atoms with van der Waals surface area (Å²) in [4.78, 5) is 0. The van der Waals surface area contributed by atoms with Crippen LogP contribution in [0.25, 0.3) is 0 Å². The molecule has 0 saturated carbocycles. The molecular formula is C28H22F30O6. The monoisotopic (exact) mass is 1020 g/mol. The van der Waals surface area contributed by atoms with Crippen molar-refractivity contribution in [2.45, 2.75) is 142 Å². The van der Waals surface area contributed by atoms with Gasteiger partial charge < -0.3 is 28.8 Å². The molecular weight excluding hydrogens is 1000 g/mol. The molecule has 3 rings (SSSR count). The predicted molar refractivity (Wildman–Crippen MR) is 138 cm³/mol. The quantitative estimate of drug-likeness (QED) is 0.268. The minimum atomic E-state index is -8.16. The molecule has 0 aromatic heterocycles. The molecule has 1 N–H and O–H groups in total. The Morgan fingerprint density at radius 1 is 0.453 bits per heavy atom. The van der Waals surface area contributed by atoms with Crippen molar-refractivity contribution in [2.75, 3.05) is 13.2 Å². The summed E-state index contributed by atoms with van der Waals surface area (Å²) in [5.74, 6) is -71.6. The second kappa shape index (κ2) is 13.9. The van der Waals surface area contributed by atoms with E-state index in [-0.39, 0.29) is 0 Å². The lowest BCUT2D eigenvalue weighted by atomic mass is 9.65. The van der Waals surface area contributed by atoms with Crippen LogP contribution in [-0.2, 0) is 23.7 Å². The van der Waals surface area contributed by atoms with Crippen molar-refractivity contribution in [3.63, 3.8) is 0 Å². The predicted octanol–water partition coefficient (Wildman–Crippen LogP) is 10.9. The average molecular weight is 1020 g/mol. The Labute approximate surface area is 333 Å². The summed E-state index contributed by atoms with van der Waals surface area (Å²) in [5, 5.41) is 9.70. The first-order valence-corrected chi connectivity index (χ1v) is 16.1. The fraction of sp³-hybridized carbons (Fsp3) is 1.00. The van der Waals surface area contributed by atoms with Crippen LogP contribution in [0.4, 0.5) is 132 Å². The molecule has 36 heteroatoms. The third-order valence-electron chi connectivity index (χ3n) is 11.2. The maximum absolute atomic E-state index is 16.3. The third kappa shape index (κ3) is 6.50. The zero-order chi connectivity index (χ0) is 51.6. The van der Waals surface area contributed by atoms with Gasteiger partial charge in [0.1, 0.15) is 16.7 Å². The molecule has 6 nitrogen and oxygen atoms in total. The number of hydrogen-bond donors (Lipinski definition) is 1. The van der Waals surface area contributed by atoms with E-state index in [4.69, 9.17) is 0 Å². The molecule has 64 heavy (non-hydrogen) atoms. The Bertz CT molecular complexity index is 1740. The number of halogens is 30. The van der Waals surface area contributed by atoms with Crippen molar-refractivity contribution in [3.05, 3.63) is 0 Å². The second-order valence-electron chi connectivity index (χ2n) is 15.4. The smallest absolute Gasteiger partial charge is 0.354 e. The van der Waals surface area contributed by atoms with Crippen LogP contribution < -0.4 is 0 Å². The summed E-state index contributed by atoms with van der Waals surface area (Å²) < 4.78 is 456. The normalized spacial score (nSPS) is 39.9. The molecule has 0 bridgehead atoms. The van der Waals surface area contributed by atoms with Crippen molar-refractivity contribution >= 4 is 0 Å². The van der Waals surface area contributed by atoms with Gasteiger partial charge in [0.25, 0.3) is 17.8 Å². The summed E-state index contributed by atoms with van der Waals surface area (Å²) in [7, 11) is 0. The molecule has 0 amide bonds. The van der Waals surface area contributed by atoms with Crippen molar-refractivity contribution in [2.24, 2.45) is 16.7 Å². The van der Waals surface area contributed by atoms with Crippen LogP contribution in [0, 0.1) is 16.7 Å². The summed E-state index contributed by atoms with van der Waals surface area (Å²) in [6, 6.07) is 0. The molecule has 3 aliphatic rings. The minimum absolute atomic E-state index is 0.912. The topological polar surface area (TPSA) is 66.4 Å². The zero-order valence-electron chi connectivity index (χ0n) is 30.9. The van der Waals surface area contributed by atoms with Gasteiger partial charge in [0.05, 0.1) is 13.2 Å². The summed E-state index contributed by atoms with van der Waals surface area (Å²) in [6.45, 7) is -15.2. The van der Waals surface area contributed by atoms with E-state index in [9.17, 15) is 92.9 Å². The molecule has 0 spiro atoms. The van der Waals surface area contributed by atoms with E-state index >= 15 is 43.9 Å². The Hall–Kier alpha value is -2.34. The van der Waals surface area contributed by atoms with Crippen molar-refractivity contribution in [1.82, 2.24) is 0 Å². The van der Waals surface area contributed by atoms with Crippen LogP contribution in [0.5, 0.6) is 0 Å². The van der Waals surface area contributed by atoms with Gasteiger partial charge in [-0.1, -0.05) is 0 Å². The molecule has 0 aliphatic carbocycles. The van der Waals surface area contributed by atoms with E-state index in [2.05, 4.69) is 23.7 Å². The van der Waals surface area contributed by atoms with E-state index in [0.717, 1.165) is 0 Å². The Morgan fingerprint density at radius 3 is 1.20 bits per heavy atom. The fourth-order valence-electron chi connectivity index (χ4n) is 6.73. The first-order chi connectivity index (χ1) is 27.3. The molecule has 0 aromatic carbocycles. The van der Waals surface area contributed by atoms with Crippen LogP contribution in [-0.4, -0.2) is 126 Å². The zero-order valence-corrected chi connectivity index (χ0v) is 30.9. The van der Waals surface area contributed by atoms with Crippen LogP contribution >= 0.6 is 0 Å². The standard InChI is InChI=1S/C28H22F30O6/c1-10(2)16(33,34)9(17(35,36)37)62-23(18(10,38)39,28(56,57)58)60-6-8-14(29,30)12(4,24(44,45)46)64-22(15(8,31)32,27(53,54)55)61-7-11(3)19(40,41)13(5,25(47,48)49)63-21(59,20(11,42)43)26(50,51)52/h8-9,59H,6-7H2,1-5H3. The second-order valence-corrected chi connectivity index (χ2v) is 15.4. The van der Waals surface area contributed by atoms with Gasteiger partial charge in [-0.05, 0) is 34.6 Å². The summed E-state index contributed by atoms with van der Waals surface area (Å²) in [6.07, 6.45) is -51.1. The van der Waals surface area contributed by atoms with E-state index in [1.54, 1.807) is 0 Å². The molecule has 0 radical (unpaired) electrons. The first-order valence-electron chi connectivity index (χ1n) is 16.1. The number of alkyl halides is 30. The average Bonchev–Trinajstić information content (AvgIpc) is 3.01.